The summed E-state index contributed by atoms with van der Waals surface area (Å²) in [5.74, 6) is -0.108. The third-order valence-corrected chi connectivity index (χ3v) is 6.32. The highest BCUT2D eigenvalue weighted by Gasteiger charge is 2.27. The van der Waals surface area contributed by atoms with Gasteiger partial charge in [0.1, 0.15) is 6.04 Å². The molecule has 1 atom stereocenters. The van der Waals surface area contributed by atoms with Crippen LogP contribution in [-0.4, -0.2) is 29.4 Å². The summed E-state index contributed by atoms with van der Waals surface area (Å²) in [5, 5.41) is 5.87. The molecule has 0 heterocycles. The number of amides is 3. The highest BCUT2D eigenvalue weighted by atomic mass is 16.2. The van der Waals surface area contributed by atoms with Gasteiger partial charge in [0.05, 0.1) is 0 Å². The van der Waals surface area contributed by atoms with Gasteiger partial charge in [-0.05, 0) is 41.7 Å². The minimum atomic E-state index is -0.717. The van der Waals surface area contributed by atoms with E-state index in [1.165, 1.54) is 5.56 Å². The molecule has 3 amide bonds. The van der Waals surface area contributed by atoms with Gasteiger partial charge >= 0.3 is 6.03 Å². The van der Waals surface area contributed by atoms with E-state index in [9.17, 15) is 9.59 Å². The molecule has 5 nitrogen and oxygen atoms in total. The van der Waals surface area contributed by atoms with Gasteiger partial charge < -0.3 is 15.5 Å². The maximum Gasteiger partial charge on any atom is 0.319 e. The van der Waals surface area contributed by atoms with Crippen molar-refractivity contribution < 1.29 is 9.59 Å². The summed E-state index contributed by atoms with van der Waals surface area (Å²) >= 11 is 0. The molecule has 4 aromatic rings. The van der Waals surface area contributed by atoms with E-state index in [0.29, 0.717) is 19.5 Å². The van der Waals surface area contributed by atoms with Crippen molar-refractivity contribution >= 4 is 17.6 Å². The number of carbonyl (C=O) groups is 2. The maximum atomic E-state index is 14.0. The number of carbonyl (C=O) groups excluding carboxylic acids is 2. The van der Waals surface area contributed by atoms with Crippen molar-refractivity contribution in [3.8, 4) is 0 Å². The van der Waals surface area contributed by atoms with Crippen LogP contribution in [0.4, 0.5) is 10.5 Å². The SMILES string of the molecule is Cc1ccccc1NC(=O)NC(Cc1ccccc1)C(=O)N(CCc1ccccc1)Cc1ccccc1. The summed E-state index contributed by atoms with van der Waals surface area (Å²) in [6, 6.07) is 36.4. The van der Waals surface area contributed by atoms with E-state index >= 15 is 0 Å². The summed E-state index contributed by atoms with van der Waals surface area (Å²) < 4.78 is 0. The zero-order valence-electron chi connectivity index (χ0n) is 21.1. The fourth-order valence-electron chi connectivity index (χ4n) is 4.28. The predicted molar refractivity (Wildman–Crippen MR) is 149 cm³/mol. The minimum Gasteiger partial charge on any atom is -0.336 e. The normalized spacial score (nSPS) is 11.4. The third-order valence-electron chi connectivity index (χ3n) is 6.32. The lowest BCUT2D eigenvalue weighted by molar-refractivity contribution is -0.133. The van der Waals surface area contributed by atoms with Gasteiger partial charge in [-0.15, -0.1) is 0 Å². The van der Waals surface area contributed by atoms with Gasteiger partial charge in [0, 0.05) is 25.2 Å². The minimum absolute atomic E-state index is 0.108. The van der Waals surface area contributed by atoms with Crippen molar-refractivity contribution in [2.24, 2.45) is 0 Å². The second-order valence-corrected chi connectivity index (χ2v) is 9.14. The van der Waals surface area contributed by atoms with Crippen molar-refractivity contribution in [3.05, 3.63) is 138 Å². The van der Waals surface area contributed by atoms with Crippen LogP contribution in [0.1, 0.15) is 22.3 Å². The summed E-state index contributed by atoms with van der Waals surface area (Å²) in [6.07, 6.45) is 1.13. The smallest absolute Gasteiger partial charge is 0.319 e. The van der Waals surface area contributed by atoms with Crippen LogP contribution in [0, 0.1) is 6.92 Å². The van der Waals surface area contributed by atoms with Gasteiger partial charge in [0.25, 0.3) is 0 Å². The molecule has 0 bridgehead atoms. The molecular formula is C32H33N3O2. The number of anilines is 1. The molecule has 0 aromatic heterocycles. The summed E-state index contributed by atoms with van der Waals surface area (Å²) in [4.78, 5) is 28.9. The Labute approximate surface area is 219 Å². The van der Waals surface area contributed by atoms with E-state index in [1.807, 2.05) is 115 Å². The van der Waals surface area contributed by atoms with Gasteiger partial charge in [-0.1, -0.05) is 109 Å². The topological polar surface area (TPSA) is 61.4 Å². The Kier molecular flexibility index (Phi) is 9.08. The Morgan fingerprint density at radius 2 is 1.24 bits per heavy atom. The zero-order chi connectivity index (χ0) is 25.9. The number of rotatable bonds is 10. The van der Waals surface area contributed by atoms with E-state index in [4.69, 9.17) is 0 Å². The van der Waals surface area contributed by atoms with E-state index in [0.717, 1.165) is 28.8 Å². The first-order valence-corrected chi connectivity index (χ1v) is 12.6. The molecule has 0 saturated heterocycles. The Morgan fingerprint density at radius 3 is 1.86 bits per heavy atom. The van der Waals surface area contributed by atoms with E-state index < -0.39 is 12.1 Å². The second-order valence-electron chi connectivity index (χ2n) is 9.14. The molecule has 0 aliphatic carbocycles. The molecule has 0 aliphatic heterocycles. The first-order chi connectivity index (χ1) is 18.1. The Morgan fingerprint density at radius 1 is 0.703 bits per heavy atom. The van der Waals surface area contributed by atoms with Gasteiger partial charge in [-0.2, -0.15) is 0 Å². The van der Waals surface area contributed by atoms with Gasteiger partial charge in [0.15, 0.2) is 0 Å². The van der Waals surface area contributed by atoms with Gasteiger partial charge in [-0.3, -0.25) is 4.79 Å². The lowest BCUT2D eigenvalue weighted by atomic mass is 10.0. The van der Waals surface area contributed by atoms with Crippen LogP contribution in [0.5, 0.6) is 0 Å². The molecule has 37 heavy (non-hydrogen) atoms. The number of aryl methyl sites for hydroxylation is 1. The van der Waals surface area contributed by atoms with Crippen LogP contribution in [0.25, 0.3) is 0 Å². The number of nitrogens with zero attached hydrogens (tertiary/aromatic N) is 1. The standard InChI is InChI=1S/C32H33N3O2/c1-25-13-11-12-20-29(25)33-32(37)34-30(23-27-16-7-3-8-17-27)31(36)35(24-28-18-9-4-10-19-28)22-21-26-14-5-2-6-15-26/h2-20,30H,21-24H2,1H3,(H2,33,34,37). The molecule has 1 unspecified atom stereocenters. The fraction of sp³-hybridized carbons (Fsp3) is 0.188. The molecular weight excluding hydrogens is 458 g/mol. The Hall–Kier alpha value is -4.38. The van der Waals surface area contributed by atoms with Gasteiger partial charge in [0.2, 0.25) is 5.91 Å². The summed E-state index contributed by atoms with van der Waals surface area (Å²) in [7, 11) is 0. The second kappa shape index (κ2) is 13.1. The molecule has 5 heteroatoms. The number of para-hydroxylation sites is 1. The van der Waals surface area contributed by atoms with Crippen LogP contribution in [0.3, 0.4) is 0 Å². The number of nitrogens with one attached hydrogen (secondary N) is 2. The Bertz CT molecular complexity index is 1280. The molecule has 0 spiro atoms. The highest BCUT2D eigenvalue weighted by Crippen LogP contribution is 2.15. The molecule has 0 saturated carbocycles. The molecule has 4 rings (SSSR count). The maximum absolute atomic E-state index is 14.0. The predicted octanol–water partition coefficient (Wildman–Crippen LogP) is 6.00. The largest absolute Gasteiger partial charge is 0.336 e. The summed E-state index contributed by atoms with van der Waals surface area (Å²) in [5.41, 5.74) is 4.87. The Balaban J connectivity index is 1.56. The van der Waals surface area contributed by atoms with Gasteiger partial charge in [-0.25, -0.2) is 4.79 Å². The monoisotopic (exact) mass is 491 g/mol. The van der Waals surface area contributed by atoms with Crippen LogP contribution in [-0.2, 0) is 24.2 Å². The average Bonchev–Trinajstić information content (AvgIpc) is 2.93. The highest BCUT2D eigenvalue weighted by molar-refractivity contribution is 5.94. The summed E-state index contributed by atoms with van der Waals surface area (Å²) in [6.45, 7) is 2.95. The zero-order valence-corrected chi connectivity index (χ0v) is 21.1. The van der Waals surface area contributed by atoms with Crippen LogP contribution < -0.4 is 10.6 Å². The average molecular weight is 492 g/mol. The number of urea groups is 1. The molecule has 0 aliphatic rings. The number of hydrogen-bond acceptors (Lipinski definition) is 2. The molecule has 4 aromatic carbocycles. The number of benzene rings is 4. The first-order valence-electron chi connectivity index (χ1n) is 12.6. The van der Waals surface area contributed by atoms with Crippen molar-refractivity contribution in [1.29, 1.82) is 0 Å². The van der Waals surface area contributed by atoms with Crippen LogP contribution in [0.2, 0.25) is 0 Å². The van der Waals surface area contributed by atoms with Crippen molar-refractivity contribution in [1.82, 2.24) is 10.2 Å². The van der Waals surface area contributed by atoms with E-state index in [1.54, 1.807) is 0 Å². The van der Waals surface area contributed by atoms with E-state index in [2.05, 4.69) is 22.8 Å². The molecule has 2 N–H and O–H groups in total. The number of hydrogen-bond donors (Lipinski definition) is 2. The van der Waals surface area contributed by atoms with Crippen LogP contribution in [0.15, 0.2) is 115 Å². The lowest BCUT2D eigenvalue weighted by Gasteiger charge is -2.28. The molecule has 188 valence electrons. The van der Waals surface area contributed by atoms with Crippen molar-refractivity contribution in [2.45, 2.75) is 32.4 Å². The third kappa shape index (κ3) is 7.80. The quantitative estimate of drug-likeness (QED) is 0.286. The van der Waals surface area contributed by atoms with E-state index in [-0.39, 0.29) is 5.91 Å². The van der Waals surface area contributed by atoms with Crippen LogP contribution >= 0.6 is 0 Å². The van der Waals surface area contributed by atoms with Crippen molar-refractivity contribution in [2.75, 3.05) is 11.9 Å². The molecule has 0 radical (unpaired) electrons. The van der Waals surface area contributed by atoms with Crippen molar-refractivity contribution in [3.63, 3.8) is 0 Å². The fourth-order valence-corrected chi connectivity index (χ4v) is 4.28. The first kappa shape index (κ1) is 25.7. The lowest BCUT2D eigenvalue weighted by Crippen LogP contribution is -2.51. The molecule has 0 fully saturated rings.